The molecule has 1 unspecified atom stereocenters. The van der Waals surface area contributed by atoms with Crippen molar-refractivity contribution in [3.8, 4) is 0 Å². The summed E-state index contributed by atoms with van der Waals surface area (Å²) in [4.78, 5) is 11.3. The number of carbonyl (C=O) groups is 1. The highest BCUT2D eigenvalue weighted by molar-refractivity contribution is 6.53. The van der Waals surface area contributed by atoms with Crippen LogP contribution in [-0.4, -0.2) is 16.8 Å². The van der Waals surface area contributed by atoms with E-state index >= 15 is 0 Å². The van der Waals surface area contributed by atoms with Crippen LogP contribution in [-0.2, 0) is 4.79 Å². The van der Waals surface area contributed by atoms with Gasteiger partial charge in [0.15, 0.2) is 0 Å². The van der Waals surface area contributed by atoms with Crippen LogP contribution in [0, 0.1) is 5.41 Å². The zero-order valence-electron chi connectivity index (χ0n) is 6.58. The molecule has 1 atom stereocenters. The Hall–Kier alpha value is 0.0500. The SMILES string of the molecule is CCNC(=O)C1(C)CC1(Cl)Cl. The van der Waals surface area contributed by atoms with Crippen molar-refractivity contribution in [1.29, 1.82) is 0 Å². The molecular weight excluding hydrogens is 185 g/mol. The Bertz CT molecular complexity index is 193. The number of hydrogen-bond acceptors (Lipinski definition) is 1. The fraction of sp³-hybridized carbons (Fsp3) is 0.857. The minimum absolute atomic E-state index is 0.0509. The van der Waals surface area contributed by atoms with Crippen LogP contribution in [0.2, 0.25) is 0 Å². The molecule has 2 nitrogen and oxygen atoms in total. The topological polar surface area (TPSA) is 29.1 Å². The lowest BCUT2D eigenvalue weighted by atomic mass is 10.1. The van der Waals surface area contributed by atoms with Crippen molar-refractivity contribution in [1.82, 2.24) is 5.32 Å². The maximum atomic E-state index is 11.3. The van der Waals surface area contributed by atoms with Crippen LogP contribution in [0.15, 0.2) is 0 Å². The summed E-state index contributed by atoms with van der Waals surface area (Å²) >= 11 is 11.6. The molecule has 64 valence electrons. The largest absolute Gasteiger partial charge is 0.356 e. The third kappa shape index (κ3) is 1.34. The highest BCUT2D eigenvalue weighted by Crippen LogP contribution is 2.63. The van der Waals surface area contributed by atoms with E-state index in [2.05, 4.69) is 5.32 Å². The van der Waals surface area contributed by atoms with Gasteiger partial charge in [-0.25, -0.2) is 0 Å². The zero-order chi connectivity index (χ0) is 8.70. The lowest BCUT2D eigenvalue weighted by Crippen LogP contribution is -2.32. The molecule has 0 aromatic rings. The fourth-order valence-corrected chi connectivity index (χ4v) is 1.71. The molecular formula is C7H11Cl2NO. The molecule has 1 aliphatic rings. The molecule has 1 N–H and O–H groups in total. The number of carbonyl (C=O) groups excluding carboxylic acids is 1. The molecule has 0 saturated heterocycles. The van der Waals surface area contributed by atoms with E-state index in [0.717, 1.165) is 0 Å². The molecule has 0 aliphatic heterocycles. The Morgan fingerprint density at radius 2 is 2.09 bits per heavy atom. The van der Waals surface area contributed by atoms with Gasteiger partial charge in [0.1, 0.15) is 4.33 Å². The van der Waals surface area contributed by atoms with Gasteiger partial charge in [-0.05, 0) is 20.3 Å². The third-order valence-corrected chi connectivity index (χ3v) is 3.20. The Morgan fingerprint density at radius 1 is 1.64 bits per heavy atom. The van der Waals surface area contributed by atoms with Crippen molar-refractivity contribution in [2.75, 3.05) is 6.54 Å². The number of hydrogen-bond donors (Lipinski definition) is 1. The molecule has 1 rings (SSSR count). The lowest BCUT2D eigenvalue weighted by molar-refractivity contribution is -0.125. The van der Waals surface area contributed by atoms with Gasteiger partial charge in [0.05, 0.1) is 5.41 Å². The van der Waals surface area contributed by atoms with Gasteiger partial charge in [-0.2, -0.15) is 0 Å². The predicted octanol–water partition coefficient (Wildman–Crippen LogP) is 1.71. The van der Waals surface area contributed by atoms with Crippen molar-refractivity contribution in [3.63, 3.8) is 0 Å². The monoisotopic (exact) mass is 195 g/mol. The minimum atomic E-state index is -0.841. The highest BCUT2D eigenvalue weighted by atomic mass is 35.5. The van der Waals surface area contributed by atoms with Crippen LogP contribution in [0.25, 0.3) is 0 Å². The second kappa shape index (κ2) is 2.53. The smallest absolute Gasteiger partial charge is 0.229 e. The molecule has 4 heteroatoms. The van der Waals surface area contributed by atoms with Crippen molar-refractivity contribution in [2.45, 2.75) is 24.6 Å². The third-order valence-electron chi connectivity index (χ3n) is 2.10. The number of alkyl halides is 2. The van der Waals surface area contributed by atoms with Crippen molar-refractivity contribution < 1.29 is 4.79 Å². The van der Waals surface area contributed by atoms with Gasteiger partial charge < -0.3 is 5.32 Å². The Balaban J connectivity index is 2.57. The molecule has 1 fully saturated rings. The van der Waals surface area contributed by atoms with E-state index in [0.29, 0.717) is 13.0 Å². The highest BCUT2D eigenvalue weighted by Gasteiger charge is 2.67. The maximum Gasteiger partial charge on any atom is 0.229 e. The summed E-state index contributed by atoms with van der Waals surface area (Å²) in [5.41, 5.74) is -0.563. The predicted molar refractivity (Wildman–Crippen MR) is 45.8 cm³/mol. The summed E-state index contributed by atoms with van der Waals surface area (Å²) < 4.78 is -0.841. The molecule has 0 spiro atoms. The molecule has 0 aromatic carbocycles. The van der Waals surface area contributed by atoms with Crippen molar-refractivity contribution in [3.05, 3.63) is 0 Å². The minimum Gasteiger partial charge on any atom is -0.356 e. The molecule has 0 bridgehead atoms. The molecule has 1 saturated carbocycles. The summed E-state index contributed by atoms with van der Waals surface area (Å²) in [7, 11) is 0. The van der Waals surface area contributed by atoms with E-state index < -0.39 is 9.75 Å². The molecule has 11 heavy (non-hydrogen) atoms. The number of halogens is 2. The van der Waals surface area contributed by atoms with Crippen LogP contribution >= 0.6 is 23.2 Å². The van der Waals surface area contributed by atoms with Crippen LogP contribution in [0.1, 0.15) is 20.3 Å². The summed E-state index contributed by atoms with van der Waals surface area (Å²) in [5, 5.41) is 2.70. The van der Waals surface area contributed by atoms with E-state index in [1.165, 1.54) is 0 Å². The molecule has 0 radical (unpaired) electrons. The zero-order valence-corrected chi connectivity index (χ0v) is 8.09. The van der Waals surface area contributed by atoms with Gasteiger partial charge in [-0.3, -0.25) is 4.79 Å². The van der Waals surface area contributed by atoms with Crippen LogP contribution in [0.5, 0.6) is 0 Å². The van der Waals surface area contributed by atoms with Gasteiger partial charge in [-0.1, -0.05) is 0 Å². The maximum absolute atomic E-state index is 11.3. The standard InChI is InChI=1S/C7H11Cl2NO/c1-3-10-5(11)6(2)4-7(6,8)9/h3-4H2,1-2H3,(H,10,11). The Morgan fingerprint density at radius 3 is 2.36 bits per heavy atom. The Kier molecular flexibility index (Phi) is 2.10. The summed E-state index contributed by atoms with van der Waals surface area (Å²) in [5.74, 6) is -0.0509. The normalized spacial score (nSPS) is 33.1. The summed E-state index contributed by atoms with van der Waals surface area (Å²) in [6.07, 6.45) is 0.551. The Labute approximate surface area is 76.2 Å². The van der Waals surface area contributed by atoms with Gasteiger partial charge in [0.2, 0.25) is 5.91 Å². The summed E-state index contributed by atoms with van der Waals surface area (Å²) in [6.45, 7) is 4.27. The quantitative estimate of drug-likeness (QED) is 0.669. The molecule has 1 amide bonds. The first-order valence-corrected chi connectivity index (χ1v) is 4.36. The second-order valence-electron chi connectivity index (χ2n) is 3.07. The first-order valence-electron chi connectivity index (χ1n) is 3.60. The lowest BCUT2D eigenvalue weighted by Gasteiger charge is -2.10. The van der Waals surface area contributed by atoms with E-state index in [-0.39, 0.29) is 5.91 Å². The number of nitrogens with one attached hydrogen (secondary N) is 1. The average Bonchev–Trinajstić information content (AvgIpc) is 2.35. The molecule has 1 aliphatic carbocycles. The van der Waals surface area contributed by atoms with E-state index in [4.69, 9.17) is 23.2 Å². The molecule has 0 aromatic heterocycles. The fourth-order valence-electron chi connectivity index (χ4n) is 1.00. The van der Waals surface area contributed by atoms with Crippen molar-refractivity contribution in [2.24, 2.45) is 5.41 Å². The van der Waals surface area contributed by atoms with Gasteiger partial charge in [0.25, 0.3) is 0 Å². The molecule has 0 heterocycles. The first-order chi connectivity index (χ1) is 4.94. The van der Waals surface area contributed by atoms with Crippen LogP contribution in [0.3, 0.4) is 0 Å². The first kappa shape index (κ1) is 9.14. The van der Waals surface area contributed by atoms with Crippen molar-refractivity contribution >= 4 is 29.1 Å². The van der Waals surface area contributed by atoms with Gasteiger partial charge in [0, 0.05) is 6.54 Å². The second-order valence-corrected chi connectivity index (χ2v) is 4.56. The average molecular weight is 196 g/mol. The summed E-state index contributed by atoms with van der Waals surface area (Å²) in [6, 6.07) is 0. The van der Waals surface area contributed by atoms with E-state index in [1.54, 1.807) is 6.92 Å². The van der Waals surface area contributed by atoms with Crippen LogP contribution in [0.4, 0.5) is 0 Å². The van der Waals surface area contributed by atoms with Crippen LogP contribution < -0.4 is 5.32 Å². The van der Waals surface area contributed by atoms with E-state index in [1.807, 2.05) is 6.92 Å². The van der Waals surface area contributed by atoms with Gasteiger partial charge >= 0.3 is 0 Å². The van der Waals surface area contributed by atoms with Gasteiger partial charge in [-0.15, -0.1) is 23.2 Å². The number of amides is 1. The number of rotatable bonds is 2. The van der Waals surface area contributed by atoms with E-state index in [9.17, 15) is 4.79 Å².